The third-order valence-corrected chi connectivity index (χ3v) is 2.93. The molecule has 1 aromatic carbocycles. The van der Waals surface area contributed by atoms with Crippen LogP contribution in [0.5, 0.6) is 0 Å². The van der Waals surface area contributed by atoms with E-state index >= 15 is 0 Å². The van der Waals surface area contributed by atoms with Crippen molar-refractivity contribution in [2.45, 2.75) is 19.9 Å². The average Bonchev–Trinajstić information content (AvgIpc) is 2.46. The summed E-state index contributed by atoms with van der Waals surface area (Å²) in [5, 5.41) is 3.92. The van der Waals surface area contributed by atoms with Crippen LogP contribution in [0.1, 0.15) is 19.4 Å². The standard InChI is InChI=1S/C14H17N5O.ClH/c1-9(2)12(15)14(20)19-18-8-10-4-3-5-11-13(10)17-7-6-16-11;/h3-9,12H,15H2,1-2H3,(H,19,20);1H/b18-8+;/t12-;/m1./s1. The van der Waals surface area contributed by atoms with E-state index in [1.165, 1.54) is 0 Å². The molecule has 0 saturated carbocycles. The summed E-state index contributed by atoms with van der Waals surface area (Å²) in [6.45, 7) is 3.77. The highest BCUT2D eigenvalue weighted by molar-refractivity contribution is 5.96. The first kappa shape index (κ1) is 17.0. The van der Waals surface area contributed by atoms with Gasteiger partial charge in [-0.1, -0.05) is 26.0 Å². The summed E-state index contributed by atoms with van der Waals surface area (Å²) < 4.78 is 0. The van der Waals surface area contributed by atoms with E-state index in [-0.39, 0.29) is 24.2 Å². The molecular formula is C14H18ClN5O. The lowest BCUT2D eigenvalue weighted by molar-refractivity contribution is -0.123. The van der Waals surface area contributed by atoms with Crippen molar-refractivity contribution in [1.29, 1.82) is 0 Å². The molecule has 0 aliphatic heterocycles. The Hall–Kier alpha value is -2.05. The highest BCUT2D eigenvalue weighted by atomic mass is 35.5. The summed E-state index contributed by atoms with van der Waals surface area (Å²) in [4.78, 5) is 20.1. The normalized spacial score (nSPS) is 12.4. The Labute approximate surface area is 129 Å². The van der Waals surface area contributed by atoms with Crippen molar-refractivity contribution >= 4 is 35.6 Å². The molecule has 1 amide bonds. The van der Waals surface area contributed by atoms with Gasteiger partial charge in [-0.2, -0.15) is 5.10 Å². The molecule has 0 aliphatic carbocycles. The van der Waals surface area contributed by atoms with Crippen LogP contribution in [0.3, 0.4) is 0 Å². The van der Waals surface area contributed by atoms with Crippen molar-refractivity contribution in [2.24, 2.45) is 16.8 Å². The first-order chi connectivity index (χ1) is 9.59. The molecule has 0 unspecified atom stereocenters. The van der Waals surface area contributed by atoms with Gasteiger partial charge in [-0.25, -0.2) is 5.43 Å². The first-order valence-corrected chi connectivity index (χ1v) is 6.38. The summed E-state index contributed by atoms with van der Waals surface area (Å²) in [5.74, 6) is -0.240. The van der Waals surface area contributed by atoms with Crippen LogP contribution in [0, 0.1) is 5.92 Å². The fraction of sp³-hybridized carbons (Fsp3) is 0.286. The number of hydrogen-bond acceptors (Lipinski definition) is 5. The van der Waals surface area contributed by atoms with E-state index in [1.807, 2.05) is 32.0 Å². The molecule has 7 heteroatoms. The number of rotatable bonds is 4. The van der Waals surface area contributed by atoms with Crippen LogP contribution in [-0.4, -0.2) is 28.1 Å². The molecule has 1 heterocycles. The van der Waals surface area contributed by atoms with E-state index < -0.39 is 6.04 Å². The Morgan fingerprint density at radius 1 is 1.33 bits per heavy atom. The predicted octanol–water partition coefficient (Wildman–Crippen LogP) is 1.48. The Kier molecular flexibility index (Phi) is 6.20. The van der Waals surface area contributed by atoms with Gasteiger partial charge in [0.1, 0.15) is 0 Å². The van der Waals surface area contributed by atoms with Crippen LogP contribution in [0.25, 0.3) is 11.0 Å². The molecule has 1 aromatic heterocycles. The number of aromatic nitrogens is 2. The van der Waals surface area contributed by atoms with Gasteiger partial charge < -0.3 is 5.73 Å². The Morgan fingerprint density at radius 3 is 2.76 bits per heavy atom. The number of nitrogens with zero attached hydrogens (tertiary/aromatic N) is 3. The number of carbonyl (C=O) groups excluding carboxylic acids is 1. The minimum Gasteiger partial charge on any atom is -0.320 e. The second-order valence-corrected chi connectivity index (χ2v) is 4.78. The number of para-hydroxylation sites is 1. The van der Waals surface area contributed by atoms with Gasteiger partial charge in [-0.15, -0.1) is 12.4 Å². The van der Waals surface area contributed by atoms with Gasteiger partial charge in [-0.05, 0) is 12.0 Å². The molecule has 1 atom stereocenters. The largest absolute Gasteiger partial charge is 0.320 e. The van der Waals surface area contributed by atoms with Crippen LogP contribution in [0.2, 0.25) is 0 Å². The molecule has 0 radical (unpaired) electrons. The third-order valence-electron chi connectivity index (χ3n) is 2.93. The summed E-state index contributed by atoms with van der Waals surface area (Å²) in [6, 6.07) is 5.02. The maximum absolute atomic E-state index is 11.7. The van der Waals surface area contributed by atoms with Gasteiger partial charge in [0.2, 0.25) is 0 Å². The van der Waals surface area contributed by atoms with Crippen LogP contribution in [-0.2, 0) is 4.79 Å². The van der Waals surface area contributed by atoms with E-state index in [1.54, 1.807) is 18.6 Å². The molecule has 0 fully saturated rings. The van der Waals surface area contributed by atoms with E-state index in [0.717, 1.165) is 16.6 Å². The highest BCUT2D eigenvalue weighted by Crippen LogP contribution is 2.11. The molecule has 0 saturated heterocycles. The van der Waals surface area contributed by atoms with Crippen LogP contribution >= 0.6 is 12.4 Å². The number of carbonyl (C=O) groups is 1. The summed E-state index contributed by atoms with van der Waals surface area (Å²) in [5.41, 5.74) is 10.5. The number of fused-ring (bicyclic) bond motifs is 1. The van der Waals surface area contributed by atoms with Crippen LogP contribution in [0.15, 0.2) is 35.7 Å². The molecule has 0 aliphatic rings. The second kappa shape index (κ2) is 7.66. The molecular weight excluding hydrogens is 290 g/mol. The highest BCUT2D eigenvalue weighted by Gasteiger charge is 2.16. The zero-order valence-corrected chi connectivity index (χ0v) is 12.7. The van der Waals surface area contributed by atoms with E-state index in [2.05, 4.69) is 20.5 Å². The lowest BCUT2D eigenvalue weighted by atomic mass is 10.1. The predicted molar refractivity (Wildman–Crippen MR) is 85.3 cm³/mol. The summed E-state index contributed by atoms with van der Waals surface area (Å²) in [7, 11) is 0. The Bertz CT molecular complexity index is 639. The zero-order valence-electron chi connectivity index (χ0n) is 11.9. The molecule has 0 spiro atoms. The van der Waals surface area contributed by atoms with Gasteiger partial charge in [0, 0.05) is 18.0 Å². The minimum absolute atomic E-state index is 0. The number of halogens is 1. The van der Waals surface area contributed by atoms with Crippen LogP contribution < -0.4 is 11.2 Å². The van der Waals surface area contributed by atoms with Gasteiger partial charge >= 0.3 is 0 Å². The molecule has 21 heavy (non-hydrogen) atoms. The van der Waals surface area contributed by atoms with Crippen molar-refractivity contribution in [3.05, 3.63) is 36.2 Å². The van der Waals surface area contributed by atoms with Crippen molar-refractivity contribution in [3.63, 3.8) is 0 Å². The number of hydrogen-bond donors (Lipinski definition) is 2. The molecule has 0 bridgehead atoms. The quantitative estimate of drug-likeness (QED) is 0.661. The third kappa shape index (κ3) is 4.21. The monoisotopic (exact) mass is 307 g/mol. The maximum atomic E-state index is 11.7. The zero-order chi connectivity index (χ0) is 14.5. The average molecular weight is 308 g/mol. The topological polar surface area (TPSA) is 93.3 Å². The van der Waals surface area contributed by atoms with Crippen molar-refractivity contribution in [2.75, 3.05) is 0 Å². The second-order valence-electron chi connectivity index (χ2n) is 4.78. The fourth-order valence-corrected chi connectivity index (χ4v) is 1.66. The summed E-state index contributed by atoms with van der Waals surface area (Å²) >= 11 is 0. The Morgan fingerprint density at radius 2 is 2.05 bits per heavy atom. The molecule has 3 N–H and O–H groups in total. The molecule has 6 nitrogen and oxygen atoms in total. The number of nitrogens with one attached hydrogen (secondary N) is 1. The lowest BCUT2D eigenvalue weighted by Gasteiger charge is -2.12. The smallest absolute Gasteiger partial charge is 0.257 e. The van der Waals surface area contributed by atoms with Crippen molar-refractivity contribution in [1.82, 2.24) is 15.4 Å². The molecule has 2 rings (SSSR count). The van der Waals surface area contributed by atoms with E-state index in [0.29, 0.717) is 0 Å². The van der Waals surface area contributed by atoms with E-state index in [9.17, 15) is 4.79 Å². The SMILES string of the molecule is CC(C)[C@@H](N)C(=O)N/N=C/c1cccc2nccnc12.Cl. The lowest BCUT2D eigenvalue weighted by Crippen LogP contribution is -2.42. The number of benzene rings is 1. The maximum Gasteiger partial charge on any atom is 0.257 e. The van der Waals surface area contributed by atoms with E-state index in [4.69, 9.17) is 5.73 Å². The number of nitrogens with two attached hydrogens (primary N) is 1. The number of hydrazone groups is 1. The Balaban J connectivity index is 0.00000220. The van der Waals surface area contributed by atoms with Crippen molar-refractivity contribution in [3.8, 4) is 0 Å². The van der Waals surface area contributed by atoms with Gasteiger partial charge in [0.25, 0.3) is 5.91 Å². The van der Waals surface area contributed by atoms with Gasteiger partial charge in [0.05, 0.1) is 23.3 Å². The van der Waals surface area contributed by atoms with Crippen LogP contribution in [0.4, 0.5) is 0 Å². The van der Waals surface area contributed by atoms with Gasteiger partial charge in [-0.3, -0.25) is 14.8 Å². The fourth-order valence-electron chi connectivity index (χ4n) is 1.66. The molecule has 112 valence electrons. The summed E-state index contributed by atoms with van der Waals surface area (Å²) in [6.07, 6.45) is 4.79. The first-order valence-electron chi connectivity index (χ1n) is 6.38. The molecule has 2 aromatic rings. The number of amides is 1. The minimum atomic E-state index is -0.570. The van der Waals surface area contributed by atoms with Crippen molar-refractivity contribution < 1.29 is 4.79 Å². The van der Waals surface area contributed by atoms with Gasteiger partial charge in [0.15, 0.2) is 0 Å².